The van der Waals surface area contributed by atoms with E-state index in [4.69, 9.17) is 0 Å². The van der Waals surface area contributed by atoms with E-state index in [0.717, 1.165) is 10.9 Å². The first-order valence-electron chi connectivity index (χ1n) is 6.41. The zero-order valence-electron chi connectivity index (χ0n) is 10.9. The molecule has 1 atom stereocenters. The summed E-state index contributed by atoms with van der Waals surface area (Å²) < 4.78 is 36.9. The van der Waals surface area contributed by atoms with E-state index in [1.54, 1.807) is 0 Å². The van der Waals surface area contributed by atoms with Gasteiger partial charge in [-0.2, -0.15) is 13.2 Å². The maximum atomic E-state index is 11.9. The molecule has 1 nitrogen and oxygen atoms in total. The normalized spacial score (nSPS) is 13.5. The quantitative estimate of drug-likeness (QED) is 0.711. The molecule has 0 aromatic heterocycles. The Balaban J connectivity index is 2.14. The highest BCUT2D eigenvalue weighted by Crippen LogP contribution is 2.21. The Kier molecular flexibility index (Phi) is 6.86. The van der Waals surface area contributed by atoms with E-state index < -0.39 is 12.6 Å². The number of rotatable bonds is 7. The largest absolute Gasteiger partial charge is 0.389 e. The lowest BCUT2D eigenvalue weighted by molar-refractivity contribution is -0.135. The van der Waals surface area contributed by atoms with Crippen LogP contribution in [0.2, 0.25) is 0 Å². The first-order chi connectivity index (χ1) is 8.87. The summed E-state index contributed by atoms with van der Waals surface area (Å²) in [7, 11) is 0. The predicted octanol–water partition coefficient (Wildman–Crippen LogP) is 4.70. The van der Waals surface area contributed by atoms with Gasteiger partial charge in [0.2, 0.25) is 0 Å². The number of halogens is 4. The molecule has 0 aliphatic carbocycles. The van der Waals surface area contributed by atoms with Crippen LogP contribution in [0.5, 0.6) is 0 Å². The van der Waals surface area contributed by atoms with Gasteiger partial charge in [0.1, 0.15) is 0 Å². The van der Waals surface area contributed by atoms with Crippen LogP contribution in [0.15, 0.2) is 28.7 Å². The average Bonchev–Trinajstić information content (AvgIpc) is 2.30. The standard InChI is InChI=1S/C14H19BrF3N/c1-11(10-12-4-6-13(15)7-5-12)19-9-3-2-8-14(16,17)18/h4-7,11,19H,2-3,8-10H2,1H3. The Hall–Kier alpha value is -0.550. The van der Waals surface area contributed by atoms with Gasteiger partial charge < -0.3 is 5.32 Å². The lowest BCUT2D eigenvalue weighted by atomic mass is 10.1. The van der Waals surface area contributed by atoms with E-state index in [1.165, 1.54) is 5.56 Å². The van der Waals surface area contributed by atoms with Crippen LogP contribution in [-0.2, 0) is 6.42 Å². The topological polar surface area (TPSA) is 12.0 Å². The molecule has 0 saturated carbocycles. The van der Waals surface area contributed by atoms with Crippen molar-refractivity contribution in [3.63, 3.8) is 0 Å². The Morgan fingerprint density at radius 2 is 1.79 bits per heavy atom. The molecule has 19 heavy (non-hydrogen) atoms. The summed E-state index contributed by atoms with van der Waals surface area (Å²) in [5.41, 5.74) is 1.22. The van der Waals surface area contributed by atoms with Gasteiger partial charge >= 0.3 is 6.18 Å². The van der Waals surface area contributed by atoms with Crippen molar-refractivity contribution in [3.8, 4) is 0 Å². The average molecular weight is 338 g/mol. The molecule has 5 heteroatoms. The number of hydrogen-bond donors (Lipinski definition) is 1. The van der Waals surface area contributed by atoms with Crippen molar-refractivity contribution in [3.05, 3.63) is 34.3 Å². The lowest BCUT2D eigenvalue weighted by Gasteiger charge is -2.14. The summed E-state index contributed by atoms with van der Waals surface area (Å²) in [6.07, 6.45) is -3.07. The van der Waals surface area contributed by atoms with Crippen LogP contribution >= 0.6 is 15.9 Å². The minimum absolute atomic E-state index is 0.196. The molecule has 0 saturated heterocycles. The fraction of sp³-hybridized carbons (Fsp3) is 0.571. The van der Waals surface area contributed by atoms with E-state index in [0.29, 0.717) is 13.0 Å². The maximum absolute atomic E-state index is 11.9. The number of unbranched alkanes of at least 4 members (excludes halogenated alkanes) is 1. The molecule has 1 N–H and O–H groups in total. The third-order valence-electron chi connectivity index (χ3n) is 2.83. The minimum Gasteiger partial charge on any atom is -0.314 e. The Labute approximate surface area is 120 Å². The molecule has 1 unspecified atom stereocenters. The molecule has 0 aliphatic rings. The number of alkyl halides is 3. The molecule has 0 fully saturated rings. The van der Waals surface area contributed by atoms with E-state index in [2.05, 4.69) is 21.2 Å². The SMILES string of the molecule is CC(Cc1ccc(Br)cc1)NCCCCC(F)(F)F. The summed E-state index contributed by atoms with van der Waals surface area (Å²) in [6, 6.07) is 8.35. The molecule has 1 aromatic rings. The summed E-state index contributed by atoms with van der Waals surface area (Å²) >= 11 is 3.38. The summed E-state index contributed by atoms with van der Waals surface area (Å²) in [6.45, 7) is 2.68. The summed E-state index contributed by atoms with van der Waals surface area (Å²) in [5.74, 6) is 0. The van der Waals surface area contributed by atoms with Crippen LogP contribution in [0, 0.1) is 0 Å². The molecule has 1 aromatic carbocycles. The van der Waals surface area contributed by atoms with E-state index in [1.807, 2.05) is 31.2 Å². The van der Waals surface area contributed by atoms with Crippen molar-refractivity contribution in [2.45, 2.75) is 44.8 Å². The monoisotopic (exact) mass is 337 g/mol. The van der Waals surface area contributed by atoms with Crippen LogP contribution in [0.25, 0.3) is 0 Å². The fourth-order valence-electron chi connectivity index (χ4n) is 1.85. The smallest absolute Gasteiger partial charge is 0.314 e. The van der Waals surface area contributed by atoms with Crippen molar-refractivity contribution >= 4 is 15.9 Å². The molecule has 0 heterocycles. The van der Waals surface area contributed by atoms with Crippen molar-refractivity contribution in [1.29, 1.82) is 0 Å². The third kappa shape index (κ3) is 8.26. The number of nitrogens with one attached hydrogen (secondary N) is 1. The molecule has 0 bridgehead atoms. The van der Waals surface area contributed by atoms with Gasteiger partial charge in [0.05, 0.1) is 0 Å². The van der Waals surface area contributed by atoms with Crippen LogP contribution in [-0.4, -0.2) is 18.8 Å². The van der Waals surface area contributed by atoms with Gasteiger partial charge in [-0.3, -0.25) is 0 Å². The Morgan fingerprint density at radius 1 is 1.16 bits per heavy atom. The third-order valence-corrected chi connectivity index (χ3v) is 3.36. The summed E-state index contributed by atoms with van der Waals surface area (Å²) in [5, 5.41) is 3.25. The Morgan fingerprint density at radius 3 is 2.37 bits per heavy atom. The number of hydrogen-bond acceptors (Lipinski definition) is 1. The van der Waals surface area contributed by atoms with E-state index >= 15 is 0 Å². The highest BCUT2D eigenvalue weighted by atomic mass is 79.9. The second kappa shape index (κ2) is 7.90. The first-order valence-corrected chi connectivity index (χ1v) is 7.21. The highest BCUT2D eigenvalue weighted by Gasteiger charge is 2.25. The van der Waals surface area contributed by atoms with Crippen LogP contribution in [0.1, 0.15) is 31.7 Å². The molecular formula is C14H19BrF3N. The van der Waals surface area contributed by atoms with Crippen LogP contribution < -0.4 is 5.32 Å². The summed E-state index contributed by atoms with van der Waals surface area (Å²) in [4.78, 5) is 0. The van der Waals surface area contributed by atoms with Crippen molar-refractivity contribution in [2.75, 3.05) is 6.54 Å². The Bertz CT molecular complexity index is 362. The van der Waals surface area contributed by atoms with Crippen molar-refractivity contribution in [2.24, 2.45) is 0 Å². The fourth-order valence-corrected chi connectivity index (χ4v) is 2.11. The second-order valence-electron chi connectivity index (χ2n) is 4.76. The highest BCUT2D eigenvalue weighted by molar-refractivity contribution is 9.10. The molecule has 0 radical (unpaired) electrons. The predicted molar refractivity (Wildman–Crippen MR) is 75.2 cm³/mol. The zero-order valence-corrected chi connectivity index (χ0v) is 12.5. The van der Waals surface area contributed by atoms with E-state index in [9.17, 15) is 13.2 Å². The molecular weight excluding hydrogens is 319 g/mol. The minimum atomic E-state index is -4.02. The van der Waals surface area contributed by atoms with Crippen LogP contribution in [0.3, 0.4) is 0 Å². The molecule has 1 rings (SSSR count). The van der Waals surface area contributed by atoms with Gasteiger partial charge in [0.15, 0.2) is 0 Å². The number of benzene rings is 1. The lowest BCUT2D eigenvalue weighted by Crippen LogP contribution is -2.29. The van der Waals surface area contributed by atoms with Crippen LogP contribution in [0.4, 0.5) is 13.2 Å². The molecule has 0 aliphatic heterocycles. The van der Waals surface area contributed by atoms with E-state index in [-0.39, 0.29) is 12.5 Å². The van der Waals surface area contributed by atoms with Gasteiger partial charge in [-0.05, 0) is 50.4 Å². The van der Waals surface area contributed by atoms with Gasteiger partial charge in [-0.15, -0.1) is 0 Å². The van der Waals surface area contributed by atoms with Crippen molar-refractivity contribution < 1.29 is 13.2 Å². The van der Waals surface area contributed by atoms with Gasteiger partial charge in [0.25, 0.3) is 0 Å². The first kappa shape index (κ1) is 16.5. The van der Waals surface area contributed by atoms with Crippen molar-refractivity contribution in [1.82, 2.24) is 5.32 Å². The second-order valence-corrected chi connectivity index (χ2v) is 5.67. The molecule has 108 valence electrons. The van der Waals surface area contributed by atoms with Gasteiger partial charge in [0, 0.05) is 16.9 Å². The van der Waals surface area contributed by atoms with Gasteiger partial charge in [-0.1, -0.05) is 28.1 Å². The molecule has 0 spiro atoms. The molecule has 0 amide bonds. The maximum Gasteiger partial charge on any atom is 0.389 e. The van der Waals surface area contributed by atoms with Gasteiger partial charge in [-0.25, -0.2) is 0 Å². The zero-order chi connectivity index (χ0) is 14.3.